The fourth-order valence-electron chi connectivity index (χ4n) is 1.41. The predicted octanol–water partition coefficient (Wildman–Crippen LogP) is 2.16. The Morgan fingerprint density at radius 1 is 1.70 bits per heavy atom. The van der Waals surface area contributed by atoms with E-state index in [2.05, 4.69) is 13.5 Å². The highest BCUT2D eigenvalue weighted by atomic mass is 19.1. The van der Waals surface area contributed by atoms with Crippen molar-refractivity contribution >= 4 is 0 Å². The van der Waals surface area contributed by atoms with Crippen LogP contribution in [0.3, 0.4) is 0 Å². The normalized spacial score (nSPS) is 26.6. The van der Waals surface area contributed by atoms with Gasteiger partial charge in [-0.3, -0.25) is 0 Å². The Kier molecular flexibility index (Phi) is 2.30. The molecule has 0 bridgehead atoms. The summed E-state index contributed by atoms with van der Waals surface area (Å²) in [4.78, 5) is 1.72. The van der Waals surface area contributed by atoms with Crippen LogP contribution in [0.15, 0.2) is 12.5 Å². The summed E-state index contributed by atoms with van der Waals surface area (Å²) in [5, 5.41) is 0. The third-order valence-corrected chi connectivity index (χ3v) is 2.00. The van der Waals surface area contributed by atoms with Crippen LogP contribution in [0, 0.1) is 5.92 Å². The van der Waals surface area contributed by atoms with Gasteiger partial charge in [-0.2, -0.15) is 4.39 Å². The van der Waals surface area contributed by atoms with Gasteiger partial charge in [0.25, 0.3) is 0 Å². The molecule has 1 atom stereocenters. The minimum absolute atomic E-state index is 0.272. The van der Waals surface area contributed by atoms with Gasteiger partial charge in [-0.05, 0) is 25.3 Å². The molecule has 1 aliphatic rings. The Balaban J connectivity index is 2.39. The Labute approximate surface area is 61.5 Å². The third kappa shape index (κ3) is 1.72. The van der Waals surface area contributed by atoms with Crippen molar-refractivity contribution in [1.29, 1.82) is 0 Å². The summed E-state index contributed by atoms with van der Waals surface area (Å²) in [5.41, 5.74) is 0. The zero-order valence-corrected chi connectivity index (χ0v) is 6.44. The summed E-state index contributed by atoms with van der Waals surface area (Å²) in [6, 6.07) is 0. The average Bonchev–Trinajstić information content (AvgIpc) is 1.88. The van der Waals surface area contributed by atoms with Crippen molar-refractivity contribution in [3.05, 3.63) is 12.5 Å². The van der Waals surface area contributed by atoms with Crippen LogP contribution in [0.5, 0.6) is 0 Å². The van der Waals surface area contributed by atoms with Gasteiger partial charge >= 0.3 is 0 Å². The zero-order chi connectivity index (χ0) is 7.56. The van der Waals surface area contributed by atoms with E-state index in [-0.39, 0.29) is 5.95 Å². The minimum Gasteiger partial charge on any atom is -0.349 e. The standard InChI is InChI=1S/C8H14FN/c1-7-4-3-5-10(6-7)8(2)9/h7H,2-6H2,1H3. The van der Waals surface area contributed by atoms with Crippen LogP contribution in [0.1, 0.15) is 19.8 Å². The SMILES string of the molecule is C=C(F)N1CCCC(C)C1. The van der Waals surface area contributed by atoms with Gasteiger partial charge in [0, 0.05) is 13.1 Å². The molecule has 1 rings (SSSR count). The molecule has 2 heteroatoms. The Bertz CT molecular complexity index is 133. The van der Waals surface area contributed by atoms with Crippen LogP contribution in [-0.4, -0.2) is 18.0 Å². The molecule has 0 amide bonds. The highest BCUT2D eigenvalue weighted by molar-refractivity contribution is 4.84. The van der Waals surface area contributed by atoms with Crippen LogP contribution < -0.4 is 0 Å². The molecule has 0 radical (unpaired) electrons. The number of hydrogen-bond donors (Lipinski definition) is 0. The quantitative estimate of drug-likeness (QED) is 0.508. The molecule has 0 aromatic rings. The van der Waals surface area contributed by atoms with Gasteiger partial charge < -0.3 is 4.90 Å². The first kappa shape index (κ1) is 7.58. The summed E-state index contributed by atoms with van der Waals surface area (Å²) in [6.07, 6.45) is 2.33. The van der Waals surface area contributed by atoms with Crippen LogP contribution in [-0.2, 0) is 0 Å². The predicted molar refractivity (Wildman–Crippen MR) is 40.2 cm³/mol. The van der Waals surface area contributed by atoms with E-state index in [1.165, 1.54) is 6.42 Å². The molecule has 0 saturated carbocycles. The Morgan fingerprint density at radius 3 is 2.80 bits per heavy atom. The van der Waals surface area contributed by atoms with Gasteiger partial charge in [0.1, 0.15) is 0 Å². The lowest BCUT2D eigenvalue weighted by atomic mass is 10.0. The van der Waals surface area contributed by atoms with E-state index in [1.54, 1.807) is 4.90 Å². The van der Waals surface area contributed by atoms with Gasteiger partial charge in [-0.25, -0.2) is 0 Å². The lowest BCUT2D eigenvalue weighted by Gasteiger charge is -2.30. The molecule has 0 N–H and O–H groups in total. The Morgan fingerprint density at radius 2 is 2.40 bits per heavy atom. The molecule has 58 valence electrons. The fourth-order valence-corrected chi connectivity index (χ4v) is 1.41. The van der Waals surface area contributed by atoms with Crippen molar-refractivity contribution in [2.24, 2.45) is 5.92 Å². The van der Waals surface area contributed by atoms with Crippen molar-refractivity contribution in [3.8, 4) is 0 Å². The van der Waals surface area contributed by atoms with E-state index in [0.29, 0.717) is 5.92 Å². The van der Waals surface area contributed by atoms with Gasteiger partial charge in [-0.15, -0.1) is 0 Å². The minimum atomic E-state index is -0.272. The number of rotatable bonds is 1. The fraction of sp³-hybridized carbons (Fsp3) is 0.750. The van der Waals surface area contributed by atoms with Crippen molar-refractivity contribution < 1.29 is 4.39 Å². The molecule has 1 fully saturated rings. The first-order valence-corrected chi connectivity index (χ1v) is 3.79. The number of piperidine rings is 1. The average molecular weight is 143 g/mol. The third-order valence-electron chi connectivity index (χ3n) is 2.00. The molecular weight excluding hydrogens is 129 g/mol. The van der Waals surface area contributed by atoms with Crippen molar-refractivity contribution in [2.75, 3.05) is 13.1 Å². The largest absolute Gasteiger partial charge is 0.349 e. The van der Waals surface area contributed by atoms with Gasteiger partial charge in [-0.1, -0.05) is 6.92 Å². The molecule has 1 heterocycles. The van der Waals surface area contributed by atoms with Gasteiger partial charge in [0.05, 0.1) is 0 Å². The maximum Gasteiger partial charge on any atom is 0.182 e. The lowest BCUT2D eigenvalue weighted by molar-refractivity contribution is 0.189. The van der Waals surface area contributed by atoms with E-state index in [0.717, 1.165) is 19.5 Å². The van der Waals surface area contributed by atoms with Crippen molar-refractivity contribution in [2.45, 2.75) is 19.8 Å². The molecular formula is C8H14FN. The van der Waals surface area contributed by atoms with E-state index >= 15 is 0 Å². The van der Waals surface area contributed by atoms with Crippen LogP contribution in [0.4, 0.5) is 4.39 Å². The summed E-state index contributed by atoms with van der Waals surface area (Å²) >= 11 is 0. The Hall–Kier alpha value is -0.530. The summed E-state index contributed by atoms with van der Waals surface area (Å²) in [5.74, 6) is 0.354. The second-order valence-electron chi connectivity index (χ2n) is 3.07. The molecule has 0 aromatic carbocycles. The molecule has 10 heavy (non-hydrogen) atoms. The smallest absolute Gasteiger partial charge is 0.182 e. The number of halogens is 1. The molecule has 1 nitrogen and oxygen atoms in total. The first-order valence-electron chi connectivity index (χ1n) is 3.79. The van der Waals surface area contributed by atoms with Crippen molar-refractivity contribution in [1.82, 2.24) is 4.90 Å². The summed E-state index contributed by atoms with van der Waals surface area (Å²) in [6.45, 7) is 7.11. The molecule has 0 aliphatic carbocycles. The highest BCUT2D eigenvalue weighted by Gasteiger charge is 2.16. The number of likely N-dealkylation sites (tertiary alicyclic amines) is 1. The maximum absolute atomic E-state index is 12.5. The van der Waals surface area contributed by atoms with E-state index in [1.807, 2.05) is 0 Å². The van der Waals surface area contributed by atoms with Gasteiger partial charge in [0.15, 0.2) is 5.95 Å². The zero-order valence-electron chi connectivity index (χ0n) is 6.44. The number of nitrogens with zero attached hydrogens (tertiary/aromatic N) is 1. The number of hydrogen-bond acceptors (Lipinski definition) is 1. The highest BCUT2D eigenvalue weighted by Crippen LogP contribution is 2.18. The molecule has 0 spiro atoms. The summed E-state index contributed by atoms with van der Waals surface area (Å²) in [7, 11) is 0. The van der Waals surface area contributed by atoms with Crippen molar-refractivity contribution in [3.63, 3.8) is 0 Å². The summed E-state index contributed by atoms with van der Waals surface area (Å²) < 4.78 is 12.5. The second kappa shape index (κ2) is 3.04. The van der Waals surface area contributed by atoms with Crippen LogP contribution in [0.25, 0.3) is 0 Å². The monoisotopic (exact) mass is 143 g/mol. The van der Waals surface area contributed by atoms with E-state index in [4.69, 9.17) is 0 Å². The van der Waals surface area contributed by atoms with Crippen LogP contribution in [0.2, 0.25) is 0 Å². The molecule has 0 aromatic heterocycles. The van der Waals surface area contributed by atoms with Crippen LogP contribution >= 0.6 is 0 Å². The first-order chi connectivity index (χ1) is 4.70. The van der Waals surface area contributed by atoms with E-state index in [9.17, 15) is 4.39 Å². The second-order valence-corrected chi connectivity index (χ2v) is 3.07. The lowest BCUT2D eigenvalue weighted by Crippen LogP contribution is -2.31. The van der Waals surface area contributed by atoms with Gasteiger partial charge in [0.2, 0.25) is 0 Å². The maximum atomic E-state index is 12.5. The molecule has 1 unspecified atom stereocenters. The molecule has 1 aliphatic heterocycles. The van der Waals surface area contributed by atoms with E-state index < -0.39 is 0 Å². The molecule has 1 saturated heterocycles. The topological polar surface area (TPSA) is 3.24 Å².